The number of halogens is 3. The Hall–Kier alpha value is -3.07. The Kier molecular flexibility index (Phi) is 5.74. The van der Waals surface area contributed by atoms with E-state index < -0.39 is 11.9 Å². The number of benzene rings is 1. The van der Waals surface area contributed by atoms with Crippen LogP contribution in [0.3, 0.4) is 0 Å². The van der Waals surface area contributed by atoms with E-state index in [2.05, 4.69) is 20.5 Å². The number of fused-ring (bicyclic) bond motifs is 1. The summed E-state index contributed by atoms with van der Waals surface area (Å²) in [6.45, 7) is 2.14. The highest BCUT2D eigenvalue weighted by molar-refractivity contribution is 5.63. The third-order valence-corrected chi connectivity index (χ3v) is 6.86. The van der Waals surface area contributed by atoms with Gasteiger partial charge in [-0.25, -0.2) is 4.98 Å². The molecule has 33 heavy (non-hydrogen) atoms. The van der Waals surface area contributed by atoms with Gasteiger partial charge in [-0.1, -0.05) is 6.07 Å². The van der Waals surface area contributed by atoms with E-state index in [4.69, 9.17) is 4.74 Å². The predicted molar refractivity (Wildman–Crippen MR) is 119 cm³/mol. The SMILES string of the molecule is COc1ccc(-c2[nH]ncc2CNC2CCC3CN(c4cccc(C(F)(F)F)n4)CC32)cc1. The van der Waals surface area contributed by atoms with Crippen molar-refractivity contribution in [1.82, 2.24) is 20.5 Å². The lowest BCUT2D eigenvalue weighted by Crippen LogP contribution is -2.35. The van der Waals surface area contributed by atoms with E-state index in [1.807, 2.05) is 35.4 Å². The van der Waals surface area contributed by atoms with Crippen LogP contribution >= 0.6 is 0 Å². The molecule has 1 aliphatic heterocycles. The number of nitrogens with one attached hydrogen (secondary N) is 2. The first-order valence-electron chi connectivity index (χ1n) is 11.1. The van der Waals surface area contributed by atoms with Crippen molar-refractivity contribution in [3.8, 4) is 17.0 Å². The number of pyridine rings is 1. The lowest BCUT2D eigenvalue weighted by molar-refractivity contribution is -0.141. The Balaban J connectivity index is 1.24. The van der Waals surface area contributed by atoms with E-state index in [9.17, 15) is 13.2 Å². The predicted octanol–water partition coefficient (Wildman–Crippen LogP) is 4.50. The minimum atomic E-state index is -4.43. The molecule has 2 fully saturated rings. The molecule has 2 aromatic heterocycles. The molecule has 3 unspecified atom stereocenters. The molecule has 5 rings (SSSR count). The zero-order valence-corrected chi connectivity index (χ0v) is 18.3. The van der Waals surface area contributed by atoms with E-state index in [1.165, 1.54) is 6.07 Å². The van der Waals surface area contributed by atoms with E-state index in [1.54, 1.807) is 13.2 Å². The molecule has 3 aromatic rings. The van der Waals surface area contributed by atoms with Gasteiger partial charge >= 0.3 is 6.18 Å². The zero-order valence-electron chi connectivity index (χ0n) is 18.3. The van der Waals surface area contributed by atoms with Crippen molar-refractivity contribution in [1.29, 1.82) is 0 Å². The fourth-order valence-corrected chi connectivity index (χ4v) is 5.16. The Morgan fingerprint density at radius 3 is 2.70 bits per heavy atom. The smallest absolute Gasteiger partial charge is 0.433 e. The first-order valence-corrected chi connectivity index (χ1v) is 11.1. The molecule has 2 aliphatic rings. The summed E-state index contributed by atoms with van der Waals surface area (Å²) in [6, 6.07) is 12.3. The second kappa shape index (κ2) is 8.70. The largest absolute Gasteiger partial charge is 0.497 e. The van der Waals surface area contributed by atoms with Crippen LogP contribution in [0.15, 0.2) is 48.7 Å². The maximum atomic E-state index is 13.1. The molecule has 0 radical (unpaired) electrons. The van der Waals surface area contributed by atoms with Crippen molar-refractivity contribution < 1.29 is 17.9 Å². The summed E-state index contributed by atoms with van der Waals surface area (Å²) in [5, 5.41) is 11.0. The van der Waals surface area contributed by atoms with Crippen LogP contribution < -0.4 is 15.0 Å². The van der Waals surface area contributed by atoms with Crippen LogP contribution in [0.25, 0.3) is 11.3 Å². The topological polar surface area (TPSA) is 66.1 Å². The number of aromatic amines is 1. The van der Waals surface area contributed by atoms with E-state index in [0.29, 0.717) is 36.8 Å². The molecule has 174 valence electrons. The molecule has 1 saturated heterocycles. The molecule has 0 spiro atoms. The molecule has 6 nitrogen and oxygen atoms in total. The van der Waals surface area contributed by atoms with Crippen molar-refractivity contribution in [2.45, 2.75) is 31.6 Å². The van der Waals surface area contributed by atoms with Crippen molar-refractivity contribution in [2.24, 2.45) is 11.8 Å². The number of aromatic nitrogens is 3. The highest BCUT2D eigenvalue weighted by atomic mass is 19.4. The van der Waals surface area contributed by atoms with Gasteiger partial charge in [-0.3, -0.25) is 5.10 Å². The minimum Gasteiger partial charge on any atom is -0.497 e. The summed E-state index contributed by atoms with van der Waals surface area (Å²) in [4.78, 5) is 5.88. The number of H-pyrrole nitrogens is 1. The van der Waals surface area contributed by atoms with Crippen LogP contribution in [0, 0.1) is 11.8 Å². The Bertz CT molecular complexity index is 1100. The Labute approximate surface area is 190 Å². The average molecular weight is 458 g/mol. The summed E-state index contributed by atoms with van der Waals surface area (Å²) in [6.07, 6.45) is -0.460. The van der Waals surface area contributed by atoms with Crippen molar-refractivity contribution >= 4 is 5.82 Å². The number of hydrogen-bond acceptors (Lipinski definition) is 5. The lowest BCUT2D eigenvalue weighted by Gasteiger charge is -2.23. The van der Waals surface area contributed by atoms with Crippen molar-refractivity contribution in [3.63, 3.8) is 0 Å². The number of nitrogens with zero attached hydrogens (tertiary/aromatic N) is 3. The highest BCUT2D eigenvalue weighted by Gasteiger charge is 2.43. The molecule has 9 heteroatoms. The van der Waals surface area contributed by atoms with Crippen LogP contribution in [0.5, 0.6) is 5.75 Å². The summed E-state index contributed by atoms with van der Waals surface area (Å²) < 4.78 is 44.4. The van der Waals surface area contributed by atoms with E-state index in [-0.39, 0.29) is 0 Å². The fourth-order valence-electron chi connectivity index (χ4n) is 5.16. The molecule has 2 N–H and O–H groups in total. The molecule has 1 aliphatic carbocycles. The zero-order chi connectivity index (χ0) is 23.0. The van der Waals surface area contributed by atoms with Crippen LogP contribution in [0.1, 0.15) is 24.1 Å². The summed E-state index contributed by atoms with van der Waals surface area (Å²) in [7, 11) is 1.64. The number of alkyl halides is 3. The number of ether oxygens (including phenoxy) is 1. The molecular formula is C24H26F3N5O. The van der Waals surface area contributed by atoms with E-state index >= 15 is 0 Å². The normalized spacial score (nSPS) is 22.5. The lowest BCUT2D eigenvalue weighted by atomic mass is 9.97. The van der Waals surface area contributed by atoms with Crippen LogP contribution in [-0.2, 0) is 12.7 Å². The quantitative estimate of drug-likeness (QED) is 0.571. The van der Waals surface area contributed by atoms with Gasteiger partial charge in [-0.15, -0.1) is 0 Å². The van der Waals surface area contributed by atoms with Crippen LogP contribution in [0.4, 0.5) is 19.0 Å². The van der Waals surface area contributed by atoms with Gasteiger partial charge in [0.2, 0.25) is 0 Å². The van der Waals surface area contributed by atoms with Crippen LogP contribution in [-0.4, -0.2) is 41.4 Å². The molecule has 0 amide bonds. The van der Waals surface area contributed by atoms with Gasteiger partial charge in [0.1, 0.15) is 17.3 Å². The van der Waals surface area contributed by atoms with Crippen molar-refractivity contribution in [2.75, 3.05) is 25.1 Å². The molecule has 1 aromatic carbocycles. The van der Waals surface area contributed by atoms with Gasteiger partial charge < -0.3 is 15.0 Å². The molecule has 3 heterocycles. The van der Waals surface area contributed by atoms with Gasteiger partial charge in [0.05, 0.1) is 19.0 Å². The maximum Gasteiger partial charge on any atom is 0.433 e. The number of methoxy groups -OCH3 is 1. The van der Waals surface area contributed by atoms with Gasteiger partial charge in [-0.2, -0.15) is 18.3 Å². The molecular weight excluding hydrogens is 431 g/mol. The summed E-state index contributed by atoms with van der Waals surface area (Å²) >= 11 is 0. The standard InChI is InChI=1S/C24H26F3N5O/c1-33-18-8-5-15(6-9-18)23-17(12-29-31-23)11-28-20-10-7-16-13-32(14-19(16)20)22-4-2-3-21(30-22)24(25,26)27/h2-6,8-9,12,16,19-20,28H,7,10-11,13-14H2,1H3,(H,29,31). The Morgan fingerprint density at radius 2 is 1.94 bits per heavy atom. The van der Waals surface area contributed by atoms with Crippen LogP contribution in [0.2, 0.25) is 0 Å². The highest BCUT2D eigenvalue weighted by Crippen LogP contribution is 2.40. The Morgan fingerprint density at radius 1 is 1.12 bits per heavy atom. The molecule has 1 saturated carbocycles. The fraction of sp³-hybridized carbons (Fsp3) is 0.417. The van der Waals surface area contributed by atoms with Gasteiger partial charge in [0, 0.05) is 36.8 Å². The first-order chi connectivity index (χ1) is 15.9. The average Bonchev–Trinajstić information content (AvgIpc) is 3.54. The number of anilines is 1. The summed E-state index contributed by atoms with van der Waals surface area (Å²) in [5.74, 6) is 2.06. The third-order valence-electron chi connectivity index (χ3n) is 6.86. The number of rotatable bonds is 6. The second-order valence-electron chi connectivity index (χ2n) is 8.77. The number of hydrogen-bond donors (Lipinski definition) is 2. The van der Waals surface area contributed by atoms with Gasteiger partial charge in [0.15, 0.2) is 0 Å². The second-order valence-corrected chi connectivity index (χ2v) is 8.77. The molecule has 3 atom stereocenters. The molecule has 0 bridgehead atoms. The van der Waals surface area contributed by atoms with Crippen molar-refractivity contribution in [3.05, 3.63) is 59.9 Å². The maximum absolute atomic E-state index is 13.1. The van der Waals surface area contributed by atoms with E-state index in [0.717, 1.165) is 48.0 Å². The monoisotopic (exact) mass is 457 g/mol. The summed E-state index contributed by atoms with van der Waals surface area (Å²) in [5.41, 5.74) is 2.26. The minimum absolute atomic E-state index is 0.310. The van der Waals surface area contributed by atoms with Gasteiger partial charge in [-0.05, 0) is 61.1 Å². The first kappa shape index (κ1) is 21.8. The third kappa shape index (κ3) is 4.42. The van der Waals surface area contributed by atoms with Gasteiger partial charge in [0.25, 0.3) is 0 Å².